The number of rotatable bonds is 21. The molecule has 282 valence electrons. The highest BCUT2D eigenvalue weighted by Gasteiger charge is 2.49. The fraction of sp³-hybridized carbons (Fsp3) is 0.700. The summed E-state index contributed by atoms with van der Waals surface area (Å²) in [7, 11) is 0.263. The molecule has 0 radical (unpaired) electrons. The Labute approximate surface area is 300 Å². The lowest BCUT2D eigenvalue weighted by Gasteiger charge is -2.40. The smallest absolute Gasteiger partial charge is 0.179 e. The summed E-state index contributed by atoms with van der Waals surface area (Å²) >= 11 is 0. The van der Waals surface area contributed by atoms with Crippen LogP contribution in [0.3, 0.4) is 0 Å². The number of unbranched alkanes of at least 4 members (excludes halogenated alkanes) is 2. The number of anilines is 1. The first-order chi connectivity index (χ1) is 22.5. The van der Waals surface area contributed by atoms with Crippen LogP contribution in [0.15, 0.2) is 47.4 Å². The molecule has 0 bridgehead atoms. The molecule has 49 heavy (non-hydrogen) atoms. The summed E-state index contributed by atoms with van der Waals surface area (Å²) in [6.45, 7) is 18.1. The lowest BCUT2D eigenvalue weighted by atomic mass is 9.68. The third kappa shape index (κ3) is 11.7. The van der Waals surface area contributed by atoms with E-state index in [0.29, 0.717) is 55.5 Å². The maximum atomic E-state index is 14.0. The van der Waals surface area contributed by atoms with Gasteiger partial charge in [-0.05, 0) is 75.1 Å². The van der Waals surface area contributed by atoms with Crippen LogP contribution in [0.1, 0.15) is 105 Å². The quantitative estimate of drug-likeness (QED) is 0.104. The van der Waals surface area contributed by atoms with E-state index in [-0.39, 0.29) is 20.6 Å². The number of aliphatic hydroxyl groups excluding tert-OH is 1. The number of nitrogens with zero attached hydrogens (tertiary/aromatic N) is 2. The molecule has 0 saturated heterocycles. The van der Waals surface area contributed by atoms with Gasteiger partial charge in [-0.3, -0.25) is 0 Å². The molecule has 0 aliphatic carbocycles. The van der Waals surface area contributed by atoms with Crippen molar-refractivity contribution >= 4 is 15.5 Å². The van der Waals surface area contributed by atoms with E-state index >= 15 is 0 Å². The van der Waals surface area contributed by atoms with Crippen LogP contribution >= 0.6 is 0 Å². The standard InChI is InChI=1S/C38H63N2O6S.2CH4/c1-8-13-21-38(22-14-9-2)30-47(42,43)35-20-17-32(39(6)7)29-34(35)36(37(38)41)31-15-18-33(19-16-31)46-28-27-45-26-25-44-24-23-40(10-3,11-4)12-5;;/h15-20,29,36-37,41H,8-14,21-28,30H2,1-7H3;2*1H4/q+1;;/t36-,37-;;/m1../s1. The number of sulfone groups is 1. The van der Waals surface area contributed by atoms with Crippen molar-refractivity contribution in [1.82, 2.24) is 0 Å². The van der Waals surface area contributed by atoms with Gasteiger partial charge in [0.25, 0.3) is 0 Å². The summed E-state index contributed by atoms with van der Waals surface area (Å²) in [5.74, 6) is 0.195. The summed E-state index contributed by atoms with van der Waals surface area (Å²) in [6, 6.07) is 13.4. The molecule has 1 aliphatic rings. The average molecular weight is 708 g/mol. The van der Waals surface area contributed by atoms with Gasteiger partial charge in [0.1, 0.15) is 18.9 Å². The summed E-state index contributed by atoms with van der Waals surface area (Å²) in [6.07, 6.45) is 4.15. The van der Waals surface area contributed by atoms with Gasteiger partial charge in [0, 0.05) is 31.1 Å². The zero-order chi connectivity index (χ0) is 34.5. The minimum Gasteiger partial charge on any atom is -0.491 e. The van der Waals surface area contributed by atoms with E-state index in [2.05, 4.69) is 34.6 Å². The third-order valence-corrected chi connectivity index (χ3v) is 12.5. The first-order valence-electron chi connectivity index (χ1n) is 18.0. The minimum atomic E-state index is -3.63. The molecule has 0 unspecified atom stereocenters. The van der Waals surface area contributed by atoms with Crippen LogP contribution in [0.2, 0.25) is 0 Å². The molecule has 0 saturated carbocycles. The maximum Gasteiger partial charge on any atom is 0.179 e. The number of quaternary nitrogens is 1. The van der Waals surface area contributed by atoms with Crippen LogP contribution in [0.4, 0.5) is 5.69 Å². The van der Waals surface area contributed by atoms with Crippen molar-refractivity contribution in [3.63, 3.8) is 0 Å². The van der Waals surface area contributed by atoms with Crippen LogP contribution in [-0.2, 0) is 19.3 Å². The van der Waals surface area contributed by atoms with Gasteiger partial charge in [-0.25, -0.2) is 8.42 Å². The molecule has 9 heteroatoms. The molecule has 0 spiro atoms. The molecule has 0 amide bonds. The van der Waals surface area contributed by atoms with E-state index < -0.39 is 27.3 Å². The summed E-state index contributed by atoms with van der Waals surface area (Å²) in [5, 5.41) is 12.4. The lowest BCUT2D eigenvalue weighted by Crippen LogP contribution is -2.49. The molecule has 0 aromatic heterocycles. The van der Waals surface area contributed by atoms with E-state index in [0.717, 1.165) is 74.2 Å². The first kappa shape index (κ1) is 44.9. The Kier molecular flexibility index (Phi) is 19.5. The Morgan fingerprint density at radius 3 is 1.90 bits per heavy atom. The zero-order valence-electron chi connectivity index (χ0n) is 30.3. The highest BCUT2D eigenvalue weighted by molar-refractivity contribution is 7.91. The first-order valence-corrected chi connectivity index (χ1v) is 19.6. The average Bonchev–Trinajstić information content (AvgIpc) is 3.14. The van der Waals surface area contributed by atoms with Crippen LogP contribution in [-0.4, -0.2) is 103 Å². The van der Waals surface area contributed by atoms with Crippen LogP contribution < -0.4 is 9.64 Å². The number of likely N-dealkylation sites (N-methyl/N-ethyl adjacent to an activating group) is 1. The van der Waals surface area contributed by atoms with E-state index in [1.165, 1.54) is 0 Å². The van der Waals surface area contributed by atoms with Crippen molar-refractivity contribution in [3.8, 4) is 5.75 Å². The normalized spacial score (nSPS) is 18.0. The van der Waals surface area contributed by atoms with Gasteiger partial charge in [-0.15, -0.1) is 0 Å². The number of ether oxygens (including phenoxy) is 3. The molecule has 2 aromatic carbocycles. The van der Waals surface area contributed by atoms with Crippen LogP contribution in [0.5, 0.6) is 5.75 Å². The Bertz CT molecular complexity index is 1290. The number of hydrogen-bond donors (Lipinski definition) is 1. The van der Waals surface area contributed by atoms with E-state index in [1.807, 2.05) is 55.4 Å². The number of fused-ring (bicyclic) bond motifs is 1. The van der Waals surface area contributed by atoms with Gasteiger partial charge in [0.15, 0.2) is 9.84 Å². The minimum absolute atomic E-state index is 0. The third-order valence-electron chi connectivity index (χ3n) is 10.5. The van der Waals surface area contributed by atoms with Gasteiger partial charge in [0.2, 0.25) is 0 Å². The predicted octanol–water partition coefficient (Wildman–Crippen LogP) is 7.96. The van der Waals surface area contributed by atoms with E-state index in [1.54, 1.807) is 6.07 Å². The summed E-state index contributed by atoms with van der Waals surface area (Å²) in [5.41, 5.74) is 1.74. The Balaban J connectivity index is 0.00000600. The summed E-state index contributed by atoms with van der Waals surface area (Å²) < 4.78 is 46.7. The SMILES string of the molecule is C.C.CCCCC1(CCCC)CS(=O)(=O)c2ccc(N(C)C)cc2[C@@H](c2ccc(OCCOCCOCC[N+](CC)(CC)CC)cc2)[C@H]1O. The lowest BCUT2D eigenvalue weighted by molar-refractivity contribution is -0.923. The monoisotopic (exact) mass is 708 g/mol. The number of aliphatic hydroxyl groups is 1. The Hall–Kier alpha value is -2.17. The fourth-order valence-corrected chi connectivity index (χ4v) is 9.30. The van der Waals surface area contributed by atoms with Gasteiger partial charge in [-0.1, -0.05) is 66.5 Å². The number of hydrogen-bond acceptors (Lipinski definition) is 7. The fourth-order valence-electron chi connectivity index (χ4n) is 7.11. The second-order valence-corrected chi connectivity index (χ2v) is 15.5. The zero-order valence-corrected chi connectivity index (χ0v) is 31.1. The van der Waals surface area contributed by atoms with E-state index in [4.69, 9.17) is 14.2 Å². The Morgan fingerprint density at radius 1 is 0.816 bits per heavy atom. The molecule has 1 aliphatic heterocycles. The summed E-state index contributed by atoms with van der Waals surface area (Å²) in [4.78, 5) is 2.31. The predicted molar refractivity (Wildman–Crippen MR) is 206 cm³/mol. The molecule has 2 aromatic rings. The van der Waals surface area contributed by atoms with Crippen molar-refractivity contribution in [2.75, 3.05) is 84.0 Å². The van der Waals surface area contributed by atoms with Gasteiger partial charge in [0.05, 0.1) is 62.8 Å². The molecule has 1 heterocycles. The molecule has 3 rings (SSSR count). The van der Waals surface area contributed by atoms with Crippen molar-refractivity contribution in [2.45, 2.75) is 105 Å². The second-order valence-electron chi connectivity index (χ2n) is 13.5. The molecule has 1 N–H and O–H groups in total. The largest absolute Gasteiger partial charge is 0.491 e. The van der Waals surface area contributed by atoms with Crippen LogP contribution in [0.25, 0.3) is 0 Å². The molecule has 2 atom stereocenters. The second kappa shape index (κ2) is 21.3. The molecular formula is C40H71N2O6S+. The van der Waals surface area contributed by atoms with Crippen molar-refractivity contribution in [1.29, 1.82) is 0 Å². The molecule has 8 nitrogen and oxygen atoms in total. The van der Waals surface area contributed by atoms with Crippen molar-refractivity contribution in [2.24, 2.45) is 5.41 Å². The van der Waals surface area contributed by atoms with Gasteiger partial charge < -0.3 is 28.7 Å². The van der Waals surface area contributed by atoms with Crippen molar-refractivity contribution in [3.05, 3.63) is 53.6 Å². The molecule has 0 fully saturated rings. The highest BCUT2D eigenvalue weighted by Crippen LogP contribution is 2.50. The van der Waals surface area contributed by atoms with Crippen LogP contribution in [0, 0.1) is 5.41 Å². The van der Waals surface area contributed by atoms with Gasteiger partial charge in [-0.2, -0.15) is 0 Å². The van der Waals surface area contributed by atoms with Crippen molar-refractivity contribution < 1.29 is 32.2 Å². The van der Waals surface area contributed by atoms with Gasteiger partial charge >= 0.3 is 0 Å². The topological polar surface area (TPSA) is 85.3 Å². The number of benzene rings is 2. The molecular weight excluding hydrogens is 637 g/mol. The Morgan fingerprint density at radius 2 is 1.37 bits per heavy atom. The highest BCUT2D eigenvalue weighted by atomic mass is 32.2. The van der Waals surface area contributed by atoms with E-state index in [9.17, 15) is 13.5 Å². The maximum absolute atomic E-state index is 14.0.